The van der Waals surface area contributed by atoms with Gasteiger partial charge in [0.2, 0.25) is 0 Å². The molecule has 0 fully saturated rings. The summed E-state index contributed by atoms with van der Waals surface area (Å²) in [6.07, 6.45) is -10.4. The highest BCUT2D eigenvalue weighted by molar-refractivity contribution is 9.10. The van der Waals surface area contributed by atoms with Gasteiger partial charge in [-0.15, -0.1) is 13.2 Å². The summed E-state index contributed by atoms with van der Waals surface area (Å²) in [5, 5.41) is 12.6. The number of alkyl halides is 6. The van der Waals surface area contributed by atoms with Crippen LogP contribution >= 0.6 is 15.9 Å². The molecule has 0 aliphatic rings. The molecule has 1 amide bonds. The summed E-state index contributed by atoms with van der Waals surface area (Å²) in [6, 6.07) is 4.82. The maximum atomic E-state index is 13.3. The van der Waals surface area contributed by atoms with Crippen LogP contribution in [0.4, 0.5) is 37.7 Å². The Balaban J connectivity index is 2.45. The molecule has 28 heavy (non-hydrogen) atoms. The van der Waals surface area contributed by atoms with E-state index in [0.717, 1.165) is 24.3 Å². The molecule has 0 unspecified atom stereocenters. The SMILES string of the molecule is O=C(Nc1c(Br)cc(OC(F)(F)F)cc1C(F)(F)F)c1cccc([N+](=O)[O-])c1. The van der Waals surface area contributed by atoms with Gasteiger partial charge in [-0.1, -0.05) is 6.07 Å². The van der Waals surface area contributed by atoms with Crippen LogP contribution in [0.1, 0.15) is 15.9 Å². The lowest BCUT2D eigenvalue weighted by molar-refractivity contribution is -0.384. The molecule has 0 spiro atoms. The van der Waals surface area contributed by atoms with Crippen molar-refractivity contribution >= 4 is 33.2 Å². The fraction of sp³-hybridized carbons (Fsp3) is 0.133. The van der Waals surface area contributed by atoms with Gasteiger partial charge in [-0.25, -0.2) is 0 Å². The van der Waals surface area contributed by atoms with Crippen molar-refractivity contribution in [2.75, 3.05) is 5.32 Å². The molecule has 0 atom stereocenters. The number of nitro benzene ring substituents is 1. The van der Waals surface area contributed by atoms with Gasteiger partial charge in [-0.2, -0.15) is 13.2 Å². The zero-order valence-corrected chi connectivity index (χ0v) is 14.8. The number of hydrogen-bond donors (Lipinski definition) is 1. The second kappa shape index (κ2) is 7.66. The van der Waals surface area contributed by atoms with Crippen LogP contribution < -0.4 is 10.1 Å². The molecule has 2 aromatic carbocycles. The molecule has 13 heteroatoms. The maximum Gasteiger partial charge on any atom is 0.573 e. The van der Waals surface area contributed by atoms with Crippen LogP contribution in [0.15, 0.2) is 40.9 Å². The van der Waals surface area contributed by atoms with E-state index in [0.29, 0.717) is 6.07 Å². The van der Waals surface area contributed by atoms with Crippen LogP contribution in [0.2, 0.25) is 0 Å². The Labute approximate surface area is 160 Å². The summed E-state index contributed by atoms with van der Waals surface area (Å²) >= 11 is 2.67. The highest BCUT2D eigenvalue weighted by atomic mass is 79.9. The number of anilines is 1. The van der Waals surface area contributed by atoms with Gasteiger partial charge in [0.1, 0.15) is 5.75 Å². The fourth-order valence-corrected chi connectivity index (χ4v) is 2.61. The molecule has 1 N–H and O–H groups in total. The smallest absolute Gasteiger partial charge is 0.406 e. The molecule has 0 saturated carbocycles. The third-order valence-electron chi connectivity index (χ3n) is 3.16. The predicted octanol–water partition coefficient (Wildman–Crippen LogP) is 5.53. The van der Waals surface area contributed by atoms with E-state index in [9.17, 15) is 41.3 Å². The summed E-state index contributed by atoms with van der Waals surface area (Å²) in [5.41, 5.74) is -3.29. The molecular weight excluding hydrogens is 466 g/mol. The number of ether oxygens (including phenoxy) is 1. The minimum Gasteiger partial charge on any atom is -0.406 e. The second-order valence-electron chi connectivity index (χ2n) is 5.13. The monoisotopic (exact) mass is 472 g/mol. The summed E-state index contributed by atoms with van der Waals surface area (Å²) in [6.45, 7) is 0. The van der Waals surface area contributed by atoms with Crippen molar-refractivity contribution < 1.29 is 40.8 Å². The Morgan fingerprint density at radius 1 is 1.11 bits per heavy atom. The molecule has 0 saturated heterocycles. The van der Waals surface area contributed by atoms with Crippen LogP contribution in [0.3, 0.4) is 0 Å². The average Bonchev–Trinajstić information content (AvgIpc) is 2.54. The van der Waals surface area contributed by atoms with Crippen molar-refractivity contribution in [2.45, 2.75) is 12.5 Å². The average molecular weight is 473 g/mol. The van der Waals surface area contributed by atoms with Crippen molar-refractivity contribution in [3.8, 4) is 5.75 Å². The number of nitrogens with one attached hydrogen (secondary N) is 1. The predicted molar refractivity (Wildman–Crippen MR) is 86.9 cm³/mol. The number of non-ortho nitro benzene ring substituents is 1. The molecule has 0 aliphatic heterocycles. The van der Waals surface area contributed by atoms with E-state index in [-0.39, 0.29) is 11.6 Å². The van der Waals surface area contributed by atoms with Gasteiger partial charge in [0.05, 0.1) is 16.2 Å². The van der Waals surface area contributed by atoms with Crippen molar-refractivity contribution in [1.29, 1.82) is 0 Å². The lowest BCUT2D eigenvalue weighted by atomic mass is 10.1. The van der Waals surface area contributed by atoms with Crippen molar-refractivity contribution in [2.24, 2.45) is 0 Å². The summed E-state index contributed by atoms with van der Waals surface area (Å²) in [4.78, 5) is 22.1. The number of rotatable bonds is 4. The molecular formula is C15H7BrF6N2O4. The maximum absolute atomic E-state index is 13.3. The van der Waals surface area contributed by atoms with Crippen molar-refractivity contribution in [1.82, 2.24) is 0 Å². The van der Waals surface area contributed by atoms with E-state index in [1.807, 2.05) is 5.32 Å². The minimum atomic E-state index is -5.23. The van der Waals surface area contributed by atoms with Gasteiger partial charge in [0, 0.05) is 22.2 Å². The van der Waals surface area contributed by atoms with Gasteiger partial charge < -0.3 is 10.1 Å². The van der Waals surface area contributed by atoms with Gasteiger partial charge in [0.25, 0.3) is 11.6 Å². The van der Waals surface area contributed by atoms with E-state index in [2.05, 4.69) is 20.7 Å². The second-order valence-corrected chi connectivity index (χ2v) is 5.99. The van der Waals surface area contributed by atoms with E-state index in [4.69, 9.17) is 0 Å². The first kappa shape index (κ1) is 21.5. The molecule has 6 nitrogen and oxygen atoms in total. The van der Waals surface area contributed by atoms with Crippen LogP contribution in [0, 0.1) is 10.1 Å². The topological polar surface area (TPSA) is 81.5 Å². The third-order valence-corrected chi connectivity index (χ3v) is 3.79. The quantitative estimate of drug-likeness (QED) is 0.360. The highest BCUT2D eigenvalue weighted by Crippen LogP contribution is 2.42. The van der Waals surface area contributed by atoms with Crippen LogP contribution in [-0.4, -0.2) is 17.2 Å². The number of amides is 1. The minimum absolute atomic E-state index is 0.0707. The molecule has 150 valence electrons. The Morgan fingerprint density at radius 3 is 2.29 bits per heavy atom. The summed E-state index contributed by atoms with van der Waals surface area (Å²) in [5.74, 6) is -2.29. The first-order chi connectivity index (χ1) is 12.8. The first-order valence-corrected chi connectivity index (χ1v) is 7.79. The van der Waals surface area contributed by atoms with Crippen molar-refractivity contribution in [3.63, 3.8) is 0 Å². The molecule has 0 bridgehead atoms. The first-order valence-electron chi connectivity index (χ1n) is 7.00. The molecule has 0 heterocycles. The fourth-order valence-electron chi connectivity index (χ4n) is 2.07. The number of hydrogen-bond acceptors (Lipinski definition) is 4. The zero-order chi connectivity index (χ0) is 21.3. The Morgan fingerprint density at radius 2 is 1.75 bits per heavy atom. The molecule has 2 aromatic rings. The number of halogens is 7. The molecule has 0 aliphatic carbocycles. The number of carbonyl (C=O) groups is 1. The Kier molecular flexibility index (Phi) is 5.87. The molecule has 0 aromatic heterocycles. The van der Waals surface area contributed by atoms with Crippen LogP contribution in [0.5, 0.6) is 5.75 Å². The van der Waals surface area contributed by atoms with E-state index >= 15 is 0 Å². The number of benzene rings is 2. The largest absolute Gasteiger partial charge is 0.573 e. The number of carbonyl (C=O) groups excluding carboxylic acids is 1. The number of nitro groups is 1. The summed E-state index contributed by atoms with van der Waals surface area (Å²) in [7, 11) is 0. The normalized spacial score (nSPS) is 11.8. The number of nitrogens with zero attached hydrogens (tertiary/aromatic N) is 1. The lowest BCUT2D eigenvalue weighted by Crippen LogP contribution is -2.20. The lowest BCUT2D eigenvalue weighted by Gasteiger charge is -2.18. The van der Waals surface area contributed by atoms with Crippen molar-refractivity contribution in [3.05, 3.63) is 62.1 Å². The van der Waals surface area contributed by atoms with Crippen LogP contribution in [0.25, 0.3) is 0 Å². The molecule has 2 rings (SSSR count). The van der Waals surface area contributed by atoms with E-state index < -0.39 is 50.5 Å². The van der Waals surface area contributed by atoms with E-state index in [1.165, 1.54) is 0 Å². The Hall–Kier alpha value is -2.83. The van der Waals surface area contributed by atoms with Crippen LogP contribution in [-0.2, 0) is 6.18 Å². The van der Waals surface area contributed by atoms with E-state index in [1.54, 1.807) is 0 Å². The Bertz CT molecular complexity index is 930. The standard InChI is InChI=1S/C15H7BrF6N2O4/c16-11-6-9(28-15(20,21)22)5-10(14(17,18)19)12(11)23-13(25)7-2-1-3-8(4-7)24(26)27/h1-6H,(H,23,25). The highest BCUT2D eigenvalue weighted by Gasteiger charge is 2.38. The third kappa shape index (κ3) is 5.34. The van der Waals surface area contributed by atoms with Gasteiger partial charge in [-0.05, 0) is 34.1 Å². The van der Waals surface area contributed by atoms with Gasteiger partial charge in [-0.3, -0.25) is 14.9 Å². The molecule has 0 radical (unpaired) electrons. The summed E-state index contributed by atoms with van der Waals surface area (Å²) < 4.78 is 79.6. The van der Waals surface area contributed by atoms with Gasteiger partial charge >= 0.3 is 12.5 Å². The zero-order valence-electron chi connectivity index (χ0n) is 13.2. The van der Waals surface area contributed by atoms with Gasteiger partial charge in [0.15, 0.2) is 0 Å².